The smallest absolute Gasteiger partial charge is 0.379 e. The molecule has 0 rings (SSSR count). The van der Waals surface area contributed by atoms with Crippen molar-refractivity contribution in [3.63, 3.8) is 0 Å². The molecule has 0 atom stereocenters. The van der Waals surface area contributed by atoms with Crippen LogP contribution in [0.5, 0.6) is 0 Å². The Labute approximate surface area is 387 Å². The van der Waals surface area contributed by atoms with Gasteiger partial charge >= 0.3 is 10.4 Å². The minimum atomic E-state index is -3.93. The van der Waals surface area contributed by atoms with Gasteiger partial charge in [0.1, 0.15) is 6.29 Å². The second-order valence-electron chi connectivity index (χ2n) is 12.7. The van der Waals surface area contributed by atoms with E-state index in [1.807, 2.05) is 0 Å². The molecule has 0 radical (unpaired) electrons. The molecule has 0 aromatic heterocycles. The van der Waals surface area contributed by atoms with Gasteiger partial charge in [0.05, 0.1) is 245 Å². The van der Waals surface area contributed by atoms with Crippen LogP contribution in [0.4, 0.5) is 0 Å². The van der Waals surface area contributed by atoms with Gasteiger partial charge in [-0.15, -0.1) is 0 Å². The summed E-state index contributed by atoms with van der Waals surface area (Å²) in [5.74, 6) is 0. The molecule has 0 aliphatic rings. The van der Waals surface area contributed by atoms with Crippen LogP contribution in [0.2, 0.25) is 0 Å². The van der Waals surface area contributed by atoms with Gasteiger partial charge in [-0.2, -0.15) is 8.42 Å². The molecular formula is C41H82O23S. The van der Waals surface area contributed by atoms with Crippen molar-refractivity contribution in [1.82, 2.24) is 0 Å². The summed E-state index contributed by atoms with van der Waals surface area (Å²) >= 11 is 0. The summed E-state index contributed by atoms with van der Waals surface area (Å²) in [5.41, 5.74) is 0. The van der Waals surface area contributed by atoms with Crippen LogP contribution in [0, 0.1) is 0 Å². The van der Waals surface area contributed by atoms with Gasteiger partial charge in [-0.05, 0) is 6.42 Å². The van der Waals surface area contributed by atoms with Crippen molar-refractivity contribution in [3.05, 3.63) is 0 Å². The molecule has 0 unspecified atom stereocenters. The minimum Gasteiger partial charge on any atom is -0.379 e. The SMILES string of the molecule is COS(=O)(=O)OCCOCCOCCOCCOCCOCCOCCOCCOCCOCCOCCOCCOCCOCCOCCOCCOCCOCCOCCCC=O. The Morgan fingerprint density at radius 1 is 0.262 bits per heavy atom. The zero-order valence-electron chi connectivity index (χ0n) is 39.0. The highest BCUT2D eigenvalue weighted by molar-refractivity contribution is 7.81. The lowest BCUT2D eigenvalue weighted by molar-refractivity contribution is -0.108. The lowest BCUT2D eigenvalue weighted by atomic mass is 10.3. The van der Waals surface area contributed by atoms with Crippen molar-refractivity contribution in [1.29, 1.82) is 0 Å². The second kappa shape index (κ2) is 57.1. The molecule has 390 valence electrons. The van der Waals surface area contributed by atoms with Crippen LogP contribution >= 0.6 is 0 Å². The first-order valence-corrected chi connectivity index (χ1v) is 23.7. The molecule has 0 aliphatic heterocycles. The molecule has 0 aliphatic carbocycles. The van der Waals surface area contributed by atoms with Gasteiger partial charge in [0, 0.05) is 13.0 Å². The van der Waals surface area contributed by atoms with Gasteiger partial charge in [-0.1, -0.05) is 0 Å². The molecule has 0 aromatic carbocycles. The molecule has 0 heterocycles. The Bertz CT molecular complexity index is 1000. The predicted molar refractivity (Wildman–Crippen MR) is 232 cm³/mol. The average molecular weight is 975 g/mol. The third kappa shape index (κ3) is 58.9. The first-order valence-electron chi connectivity index (χ1n) is 22.4. The largest absolute Gasteiger partial charge is 0.399 e. The minimum absolute atomic E-state index is 0.110. The van der Waals surface area contributed by atoms with Crippen LogP contribution in [0.1, 0.15) is 12.8 Å². The maximum atomic E-state index is 11.0. The molecule has 0 N–H and O–H groups in total. The molecule has 65 heavy (non-hydrogen) atoms. The molecule has 0 saturated heterocycles. The number of carbonyl (C=O) groups is 1. The van der Waals surface area contributed by atoms with Crippen molar-refractivity contribution in [2.45, 2.75) is 12.8 Å². The number of carbonyl (C=O) groups excluding carboxylic acids is 1. The Morgan fingerprint density at radius 3 is 0.569 bits per heavy atom. The third-order valence-corrected chi connectivity index (χ3v) is 8.46. The van der Waals surface area contributed by atoms with E-state index < -0.39 is 10.4 Å². The highest BCUT2D eigenvalue weighted by atomic mass is 32.3. The fourth-order valence-corrected chi connectivity index (χ4v) is 4.72. The summed E-state index contributed by atoms with van der Waals surface area (Å²) in [7, 11) is -2.91. The number of aldehydes is 1. The molecule has 0 saturated carbocycles. The van der Waals surface area contributed by atoms with E-state index in [0.29, 0.717) is 238 Å². The van der Waals surface area contributed by atoms with Gasteiger partial charge < -0.3 is 90.1 Å². The molecule has 0 bridgehead atoms. The van der Waals surface area contributed by atoms with Gasteiger partial charge in [-0.3, -0.25) is 4.18 Å². The standard InChI is InChI=1S/C41H82O23S/c1-45-65(43,44)64-41-40-63-39-38-62-37-36-61-35-34-60-33-32-59-31-30-58-29-28-57-27-26-56-25-24-55-23-22-54-21-20-53-19-18-52-17-16-51-15-14-50-13-12-49-11-10-48-9-8-47-7-6-46-5-3-2-4-42/h4H,2-3,5-41H2,1H3. The normalized spacial score (nSPS) is 11.9. The van der Waals surface area contributed by atoms with E-state index in [1.54, 1.807) is 0 Å². The lowest BCUT2D eigenvalue weighted by Crippen LogP contribution is -2.16. The van der Waals surface area contributed by atoms with Gasteiger partial charge in [-0.25, -0.2) is 4.18 Å². The van der Waals surface area contributed by atoms with Crippen LogP contribution in [-0.4, -0.2) is 266 Å². The maximum Gasteiger partial charge on any atom is 0.399 e. The lowest BCUT2D eigenvalue weighted by Gasteiger charge is -2.09. The van der Waals surface area contributed by atoms with E-state index in [-0.39, 0.29) is 13.2 Å². The summed E-state index contributed by atoms with van der Waals surface area (Å²) in [4.78, 5) is 10.2. The van der Waals surface area contributed by atoms with E-state index in [2.05, 4.69) is 8.37 Å². The van der Waals surface area contributed by atoms with E-state index in [9.17, 15) is 13.2 Å². The Morgan fingerprint density at radius 2 is 0.415 bits per heavy atom. The highest BCUT2D eigenvalue weighted by Gasteiger charge is 2.07. The molecular weight excluding hydrogens is 892 g/mol. The molecule has 24 heteroatoms. The number of ether oxygens (including phenoxy) is 18. The summed E-state index contributed by atoms with van der Waals surface area (Å²) in [6.45, 7) is 16.5. The van der Waals surface area contributed by atoms with E-state index in [0.717, 1.165) is 19.8 Å². The van der Waals surface area contributed by atoms with E-state index in [4.69, 9.17) is 85.3 Å². The highest BCUT2D eigenvalue weighted by Crippen LogP contribution is 1.93. The number of rotatable bonds is 60. The molecule has 0 aromatic rings. The fraction of sp³-hybridized carbons (Fsp3) is 0.976. The van der Waals surface area contributed by atoms with Crippen molar-refractivity contribution >= 4 is 16.7 Å². The summed E-state index contributed by atoms with van der Waals surface area (Å²) in [6.07, 6.45) is 2.16. The summed E-state index contributed by atoms with van der Waals surface area (Å²) in [6, 6.07) is 0. The monoisotopic (exact) mass is 974 g/mol. The summed E-state index contributed by atoms with van der Waals surface area (Å²) in [5, 5.41) is 0. The van der Waals surface area contributed by atoms with Crippen molar-refractivity contribution in [2.24, 2.45) is 0 Å². The van der Waals surface area contributed by atoms with Crippen molar-refractivity contribution in [2.75, 3.05) is 252 Å². The van der Waals surface area contributed by atoms with E-state index >= 15 is 0 Å². The molecule has 0 amide bonds. The first-order chi connectivity index (χ1) is 32.1. The Balaban J connectivity index is 3.08. The third-order valence-electron chi connectivity index (χ3n) is 7.59. The van der Waals surface area contributed by atoms with Crippen LogP contribution in [0.15, 0.2) is 0 Å². The van der Waals surface area contributed by atoms with E-state index in [1.165, 1.54) is 0 Å². The second-order valence-corrected chi connectivity index (χ2v) is 14.1. The van der Waals surface area contributed by atoms with Gasteiger partial charge in [0.25, 0.3) is 0 Å². The Hall–Kier alpha value is -1.18. The topological polar surface area (TPSA) is 236 Å². The van der Waals surface area contributed by atoms with Gasteiger partial charge in [0.15, 0.2) is 0 Å². The number of hydrogen-bond donors (Lipinski definition) is 0. The number of hydrogen-bond acceptors (Lipinski definition) is 23. The maximum absolute atomic E-state index is 11.0. The Kier molecular flexibility index (Phi) is 56.1. The molecule has 0 fully saturated rings. The number of unbranched alkanes of at least 4 members (excludes halogenated alkanes) is 1. The first kappa shape index (κ1) is 63.8. The molecule has 23 nitrogen and oxygen atoms in total. The summed E-state index contributed by atoms with van der Waals surface area (Å²) < 4.78 is 128. The van der Waals surface area contributed by atoms with Crippen molar-refractivity contribution < 1.29 is 107 Å². The average Bonchev–Trinajstić information content (AvgIpc) is 3.31. The van der Waals surface area contributed by atoms with Crippen LogP contribution in [0.3, 0.4) is 0 Å². The molecule has 0 spiro atoms. The zero-order valence-corrected chi connectivity index (χ0v) is 39.8. The quantitative estimate of drug-likeness (QED) is 0.0584. The van der Waals surface area contributed by atoms with Crippen molar-refractivity contribution in [3.8, 4) is 0 Å². The van der Waals surface area contributed by atoms with Crippen LogP contribution in [0.25, 0.3) is 0 Å². The van der Waals surface area contributed by atoms with Gasteiger partial charge in [0.2, 0.25) is 0 Å². The van der Waals surface area contributed by atoms with Crippen LogP contribution < -0.4 is 0 Å². The predicted octanol–water partition coefficient (Wildman–Crippen LogP) is 0.172. The zero-order chi connectivity index (χ0) is 46.9. The van der Waals surface area contributed by atoms with Crippen LogP contribution in [-0.2, 0) is 109 Å². The fourth-order valence-electron chi connectivity index (χ4n) is 4.35.